The number of nitrogens with two attached hydrogens (primary N) is 1. The molecule has 1 heterocycles. The predicted molar refractivity (Wildman–Crippen MR) is 71.4 cm³/mol. The van der Waals surface area contributed by atoms with Crippen molar-refractivity contribution in [3.8, 4) is 5.75 Å². The number of fused-ring (bicyclic) bond motifs is 1. The van der Waals surface area contributed by atoms with Gasteiger partial charge in [0.25, 0.3) is 5.91 Å². The Labute approximate surface area is 115 Å². The highest BCUT2D eigenvalue weighted by molar-refractivity contribution is 6.33. The van der Waals surface area contributed by atoms with Crippen LogP contribution in [0.3, 0.4) is 0 Å². The molecule has 0 radical (unpaired) electrons. The second-order valence-electron chi connectivity index (χ2n) is 4.40. The molecule has 0 saturated carbocycles. The van der Waals surface area contributed by atoms with E-state index in [1.807, 2.05) is 0 Å². The summed E-state index contributed by atoms with van der Waals surface area (Å²) in [5, 5.41) is 18.7. The van der Waals surface area contributed by atoms with Crippen LogP contribution in [-0.2, 0) is 4.79 Å². The summed E-state index contributed by atoms with van der Waals surface area (Å²) in [6.45, 7) is 1.11. The van der Waals surface area contributed by atoms with Gasteiger partial charge < -0.3 is 25.6 Å². The molecule has 0 aromatic heterocycles. The number of ether oxygens (including phenoxy) is 1. The van der Waals surface area contributed by atoms with Crippen molar-refractivity contribution >= 4 is 28.9 Å². The first-order chi connectivity index (χ1) is 8.93. The van der Waals surface area contributed by atoms with E-state index in [9.17, 15) is 9.90 Å². The first kappa shape index (κ1) is 13.9. The lowest BCUT2D eigenvalue weighted by Crippen LogP contribution is -2.48. The molecular formula is C12H15ClN2O4. The van der Waals surface area contributed by atoms with Gasteiger partial charge in [0.15, 0.2) is 11.9 Å². The topological polar surface area (TPSA) is 96.0 Å². The molecule has 1 aromatic rings. The van der Waals surface area contributed by atoms with Crippen molar-refractivity contribution in [2.24, 2.45) is 0 Å². The lowest BCUT2D eigenvalue weighted by atomic mass is 10.1. The third kappa shape index (κ3) is 2.60. The summed E-state index contributed by atoms with van der Waals surface area (Å²) in [6, 6.07) is 3.08. The zero-order chi connectivity index (χ0) is 14.2. The molecule has 1 amide bonds. The largest absolute Gasteiger partial charge is 0.477 e. The van der Waals surface area contributed by atoms with E-state index in [1.165, 1.54) is 11.0 Å². The van der Waals surface area contributed by atoms with E-state index < -0.39 is 18.8 Å². The summed E-state index contributed by atoms with van der Waals surface area (Å²) in [7, 11) is 0. The zero-order valence-corrected chi connectivity index (χ0v) is 11.1. The number of carbonyl (C=O) groups is 1. The van der Waals surface area contributed by atoms with E-state index in [0.29, 0.717) is 22.1 Å². The van der Waals surface area contributed by atoms with Gasteiger partial charge in [-0.05, 0) is 19.1 Å². The minimum atomic E-state index is -1.04. The summed E-state index contributed by atoms with van der Waals surface area (Å²) >= 11 is 6.04. The number of anilines is 2. The average molecular weight is 287 g/mol. The number of benzene rings is 1. The van der Waals surface area contributed by atoms with Gasteiger partial charge >= 0.3 is 0 Å². The van der Waals surface area contributed by atoms with Crippen molar-refractivity contribution < 1.29 is 19.7 Å². The summed E-state index contributed by atoms with van der Waals surface area (Å²) in [5.74, 6) is 0.0368. The number of aliphatic hydroxyl groups excluding tert-OH is 2. The fourth-order valence-electron chi connectivity index (χ4n) is 1.94. The van der Waals surface area contributed by atoms with E-state index in [0.717, 1.165) is 0 Å². The monoisotopic (exact) mass is 286 g/mol. The maximum Gasteiger partial charge on any atom is 0.267 e. The van der Waals surface area contributed by atoms with Gasteiger partial charge in [0, 0.05) is 5.69 Å². The fourth-order valence-corrected chi connectivity index (χ4v) is 2.21. The van der Waals surface area contributed by atoms with E-state index in [4.69, 9.17) is 27.2 Å². The Balaban J connectivity index is 2.46. The van der Waals surface area contributed by atoms with Gasteiger partial charge in [-0.3, -0.25) is 4.79 Å². The molecule has 2 unspecified atom stereocenters. The van der Waals surface area contributed by atoms with Gasteiger partial charge in [0.1, 0.15) is 0 Å². The van der Waals surface area contributed by atoms with Crippen LogP contribution >= 0.6 is 11.6 Å². The summed E-state index contributed by atoms with van der Waals surface area (Å²) in [5.41, 5.74) is 6.49. The third-order valence-electron chi connectivity index (χ3n) is 2.85. The molecule has 1 aliphatic heterocycles. The Bertz CT molecular complexity index is 509. The second-order valence-corrected chi connectivity index (χ2v) is 4.80. The molecule has 4 N–H and O–H groups in total. The molecule has 2 rings (SSSR count). The van der Waals surface area contributed by atoms with E-state index >= 15 is 0 Å². The van der Waals surface area contributed by atoms with Gasteiger partial charge in [0.05, 0.1) is 30.0 Å². The van der Waals surface area contributed by atoms with Gasteiger partial charge in [-0.25, -0.2) is 0 Å². The minimum absolute atomic E-state index is 0.0458. The molecule has 0 bridgehead atoms. The summed E-state index contributed by atoms with van der Waals surface area (Å²) < 4.78 is 5.45. The van der Waals surface area contributed by atoms with E-state index in [2.05, 4.69) is 0 Å². The quantitative estimate of drug-likeness (QED) is 0.699. The third-order valence-corrected chi connectivity index (χ3v) is 3.13. The molecule has 0 spiro atoms. The number of β-amino-alcohol motifs (C(OH)–C–C–N with tert-alkyl or cyclic N) is 1. The smallest absolute Gasteiger partial charge is 0.267 e. The molecular weight excluding hydrogens is 272 g/mol. The highest BCUT2D eigenvalue weighted by Crippen LogP contribution is 2.41. The number of carbonyl (C=O) groups excluding carboxylic acids is 1. The number of nitrogen functional groups attached to an aromatic ring is 1. The molecule has 0 aliphatic carbocycles. The van der Waals surface area contributed by atoms with Crippen LogP contribution in [0.15, 0.2) is 12.1 Å². The highest BCUT2D eigenvalue weighted by Gasteiger charge is 2.34. The number of halogens is 1. The molecule has 0 saturated heterocycles. The molecule has 7 heteroatoms. The molecule has 104 valence electrons. The van der Waals surface area contributed by atoms with Gasteiger partial charge in [0.2, 0.25) is 0 Å². The van der Waals surface area contributed by atoms with Crippen LogP contribution in [-0.4, -0.2) is 41.5 Å². The molecule has 1 aliphatic rings. The van der Waals surface area contributed by atoms with Gasteiger partial charge in [-0.2, -0.15) is 0 Å². The minimum Gasteiger partial charge on any atom is -0.477 e. The van der Waals surface area contributed by atoms with Crippen molar-refractivity contribution in [1.82, 2.24) is 0 Å². The SMILES string of the molecule is CC1Oc2c(Cl)cc(N)cc2N(CC(O)CO)C1=O. The highest BCUT2D eigenvalue weighted by atomic mass is 35.5. The van der Waals surface area contributed by atoms with Crippen LogP contribution in [0.1, 0.15) is 6.92 Å². The van der Waals surface area contributed by atoms with Crippen molar-refractivity contribution in [1.29, 1.82) is 0 Å². The van der Waals surface area contributed by atoms with Crippen molar-refractivity contribution in [3.63, 3.8) is 0 Å². The number of nitrogens with zero attached hydrogens (tertiary/aromatic N) is 1. The predicted octanol–water partition coefficient (Wildman–Crippen LogP) is 0.389. The molecule has 0 fully saturated rings. The number of rotatable bonds is 3. The second kappa shape index (κ2) is 5.24. The first-order valence-corrected chi connectivity index (χ1v) is 6.17. The first-order valence-electron chi connectivity index (χ1n) is 5.80. The van der Waals surface area contributed by atoms with Crippen LogP contribution in [0.4, 0.5) is 11.4 Å². The fraction of sp³-hybridized carbons (Fsp3) is 0.417. The van der Waals surface area contributed by atoms with Gasteiger partial charge in [-0.15, -0.1) is 0 Å². The Kier molecular flexibility index (Phi) is 3.84. The van der Waals surface area contributed by atoms with Crippen LogP contribution in [0, 0.1) is 0 Å². The Morgan fingerprint density at radius 2 is 2.26 bits per heavy atom. The number of amides is 1. The maximum absolute atomic E-state index is 12.1. The summed E-state index contributed by atoms with van der Waals surface area (Å²) in [4.78, 5) is 13.4. The molecule has 19 heavy (non-hydrogen) atoms. The van der Waals surface area contributed by atoms with Crippen molar-refractivity contribution in [3.05, 3.63) is 17.2 Å². The Morgan fingerprint density at radius 3 is 2.89 bits per heavy atom. The van der Waals surface area contributed by atoms with Crippen LogP contribution in [0.5, 0.6) is 5.75 Å². The van der Waals surface area contributed by atoms with E-state index in [1.54, 1.807) is 13.0 Å². The number of aliphatic hydroxyl groups is 2. The van der Waals surface area contributed by atoms with Crippen LogP contribution < -0.4 is 15.4 Å². The van der Waals surface area contributed by atoms with Crippen molar-refractivity contribution in [2.75, 3.05) is 23.8 Å². The Hall–Kier alpha value is -1.50. The summed E-state index contributed by atoms with van der Waals surface area (Å²) in [6.07, 6.45) is -1.75. The normalized spacial score (nSPS) is 19.9. The zero-order valence-electron chi connectivity index (χ0n) is 10.3. The lowest BCUT2D eigenvalue weighted by molar-refractivity contribution is -0.126. The lowest BCUT2D eigenvalue weighted by Gasteiger charge is -2.34. The molecule has 2 atom stereocenters. The maximum atomic E-state index is 12.1. The van der Waals surface area contributed by atoms with Crippen LogP contribution in [0.2, 0.25) is 5.02 Å². The molecule has 6 nitrogen and oxygen atoms in total. The van der Waals surface area contributed by atoms with Crippen molar-refractivity contribution in [2.45, 2.75) is 19.1 Å². The number of hydrogen-bond donors (Lipinski definition) is 3. The average Bonchev–Trinajstić information content (AvgIpc) is 2.36. The van der Waals surface area contributed by atoms with Crippen LogP contribution in [0.25, 0.3) is 0 Å². The Morgan fingerprint density at radius 1 is 1.58 bits per heavy atom. The van der Waals surface area contributed by atoms with Gasteiger partial charge in [-0.1, -0.05) is 11.6 Å². The standard InChI is InChI=1S/C12H15ClN2O4/c1-6-12(18)15(4-8(17)5-16)10-3-7(14)2-9(13)11(10)19-6/h2-3,6,8,16-17H,4-5,14H2,1H3. The number of hydrogen-bond acceptors (Lipinski definition) is 5. The molecule has 1 aromatic carbocycles. The van der Waals surface area contributed by atoms with E-state index in [-0.39, 0.29) is 12.5 Å².